The van der Waals surface area contributed by atoms with Gasteiger partial charge >= 0.3 is 0 Å². The first kappa shape index (κ1) is 27.1. The van der Waals surface area contributed by atoms with Crippen LogP contribution in [0.15, 0.2) is 150 Å². The van der Waals surface area contributed by atoms with Crippen molar-refractivity contribution < 1.29 is 4.42 Å². The van der Waals surface area contributed by atoms with Gasteiger partial charge in [0.15, 0.2) is 0 Å². The van der Waals surface area contributed by atoms with Gasteiger partial charge in [0, 0.05) is 38.0 Å². The molecule has 49 heavy (non-hydrogen) atoms. The van der Waals surface area contributed by atoms with Crippen LogP contribution in [0.25, 0.3) is 88.1 Å². The number of hydrogen-bond donors (Lipinski definition) is 0. The van der Waals surface area contributed by atoms with Crippen LogP contribution in [0.2, 0.25) is 0 Å². The molecule has 3 aromatic heterocycles. The maximum Gasteiger partial charge on any atom is 0.135 e. The predicted molar refractivity (Wildman–Crippen MR) is 197 cm³/mol. The van der Waals surface area contributed by atoms with Gasteiger partial charge in [-0.3, -0.25) is 0 Å². The van der Waals surface area contributed by atoms with Crippen LogP contribution in [-0.4, -0.2) is 9.13 Å². The van der Waals surface area contributed by atoms with Gasteiger partial charge in [0.25, 0.3) is 0 Å². The van der Waals surface area contributed by atoms with Crippen molar-refractivity contribution in [2.24, 2.45) is 0 Å². The highest BCUT2D eigenvalue weighted by Gasteiger charge is 2.19. The van der Waals surface area contributed by atoms with Crippen LogP contribution >= 0.6 is 0 Å². The van der Waals surface area contributed by atoms with Crippen LogP contribution in [0.3, 0.4) is 0 Å². The van der Waals surface area contributed by atoms with E-state index in [4.69, 9.17) is 4.42 Å². The maximum absolute atomic E-state index is 10.0. The van der Waals surface area contributed by atoms with E-state index < -0.39 is 0 Å². The molecule has 0 atom stereocenters. The molecule has 10 rings (SSSR count). The van der Waals surface area contributed by atoms with Crippen LogP contribution in [0, 0.1) is 22.7 Å². The minimum Gasteiger partial charge on any atom is -0.456 e. The molecule has 0 aliphatic heterocycles. The molecule has 5 heteroatoms. The van der Waals surface area contributed by atoms with E-state index in [1.807, 2.05) is 18.2 Å². The number of nitrogens with zero attached hydrogens (tertiary/aromatic N) is 4. The molecule has 0 saturated carbocycles. The third-order valence-electron chi connectivity index (χ3n) is 9.80. The van der Waals surface area contributed by atoms with Gasteiger partial charge in [-0.1, -0.05) is 72.8 Å². The summed E-state index contributed by atoms with van der Waals surface area (Å²) in [6.45, 7) is 0. The number of hydrogen-bond acceptors (Lipinski definition) is 3. The Morgan fingerprint density at radius 3 is 1.53 bits per heavy atom. The Balaban J connectivity index is 1.17. The van der Waals surface area contributed by atoms with E-state index in [0.29, 0.717) is 16.8 Å². The Bertz CT molecular complexity index is 3000. The molecule has 0 radical (unpaired) electrons. The van der Waals surface area contributed by atoms with Crippen LogP contribution in [-0.2, 0) is 0 Å². The summed E-state index contributed by atoms with van der Waals surface area (Å²) in [6.07, 6.45) is 0. The van der Waals surface area contributed by atoms with E-state index in [-0.39, 0.29) is 0 Å². The third-order valence-corrected chi connectivity index (χ3v) is 9.80. The highest BCUT2D eigenvalue weighted by atomic mass is 16.3. The van der Waals surface area contributed by atoms with E-state index in [9.17, 15) is 10.5 Å². The van der Waals surface area contributed by atoms with Crippen LogP contribution in [0.1, 0.15) is 11.1 Å². The lowest BCUT2D eigenvalue weighted by Crippen LogP contribution is -2.00. The second-order valence-corrected chi connectivity index (χ2v) is 12.4. The molecule has 0 amide bonds. The smallest absolute Gasteiger partial charge is 0.135 e. The lowest BCUT2D eigenvalue weighted by Gasteiger charge is -2.12. The SMILES string of the molecule is N#Cc1cccc(C#N)c1-n1c2ccccc2c2cc(-c3ccc4oc5ccc(-n6c7ccccc7c7ccccc76)cc5c4c3)ccc21. The van der Waals surface area contributed by atoms with Gasteiger partial charge in [-0.15, -0.1) is 0 Å². The third kappa shape index (κ3) is 3.85. The van der Waals surface area contributed by atoms with Gasteiger partial charge in [-0.2, -0.15) is 10.5 Å². The second-order valence-electron chi connectivity index (χ2n) is 12.4. The lowest BCUT2D eigenvalue weighted by molar-refractivity contribution is 0.669. The van der Waals surface area contributed by atoms with E-state index in [1.54, 1.807) is 18.2 Å². The lowest BCUT2D eigenvalue weighted by atomic mass is 10.0. The molecule has 0 bridgehead atoms. The van der Waals surface area contributed by atoms with Gasteiger partial charge in [0.1, 0.15) is 23.3 Å². The Morgan fingerprint density at radius 2 is 0.898 bits per heavy atom. The van der Waals surface area contributed by atoms with E-state index in [0.717, 1.165) is 60.6 Å². The van der Waals surface area contributed by atoms with Crippen molar-refractivity contribution in [1.82, 2.24) is 9.13 Å². The summed E-state index contributed by atoms with van der Waals surface area (Å²) < 4.78 is 10.7. The molecule has 3 heterocycles. The molecule has 0 saturated heterocycles. The van der Waals surface area contributed by atoms with Crippen molar-refractivity contribution in [3.8, 4) is 34.6 Å². The summed E-state index contributed by atoms with van der Waals surface area (Å²) in [5.74, 6) is 0. The summed E-state index contributed by atoms with van der Waals surface area (Å²) in [5.41, 5.74) is 10.7. The minimum absolute atomic E-state index is 0.461. The quantitative estimate of drug-likeness (QED) is 0.196. The number of nitriles is 2. The zero-order valence-electron chi connectivity index (χ0n) is 26.1. The summed E-state index contributed by atoms with van der Waals surface area (Å²) in [5, 5.41) is 26.7. The number of fused-ring (bicyclic) bond motifs is 9. The monoisotopic (exact) mass is 624 g/mol. The highest BCUT2D eigenvalue weighted by molar-refractivity contribution is 6.13. The molecule has 0 spiro atoms. The highest BCUT2D eigenvalue weighted by Crippen LogP contribution is 2.39. The molecule has 226 valence electrons. The molecule has 7 aromatic carbocycles. The number of aromatic nitrogens is 2. The number of furan rings is 1. The summed E-state index contributed by atoms with van der Waals surface area (Å²) >= 11 is 0. The fourth-order valence-corrected chi connectivity index (χ4v) is 7.64. The fraction of sp³-hybridized carbons (Fsp3) is 0. The van der Waals surface area contributed by atoms with Gasteiger partial charge in [0.05, 0.1) is 38.9 Å². The average molecular weight is 625 g/mol. The largest absolute Gasteiger partial charge is 0.456 e. The molecule has 0 aliphatic rings. The van der Waals surface area contributed by atoms with Gasteiger partial charge in [-0.25, -0.2) is 0 Å². The second kappa shape index (κ2) is 10.2. The average Bonchev–Trinajstić information content (AvgIpc) is 3.81. The van der Waals surface area contributed by atoms with Crippen molar-refractivity contribution in [3.63, 3.8) is 0 Å². The topological polar surface area (TPSA) is 70.6 Å². The fourth-order valence-electron chi connectivity index (χ4n) is 7.64. The van der Waals surface area contributed by atoms with Gasteiger partial charge in [-0.05, 0) is 83.9 Å². The molecule has 10 aromatic rings. The Kier molecular flexibility index (Phi) is 5.64. The summed E-state index contributed by atoms with van der Waals surface area (Å²) in [7, 11) is 0. The van der Waals surface area contributed by atoms with Crippen molar-refractivity contribution in [3.05, 3.63) is 157 Å². The number of rotatable bonds is 3. The van der Waals surface area contributed by atoms with Crippen molar-refractivity contribution in [1.29, 1.82) is 10.5 Å². The first-order valence-electron chi connectivity index (χ1n) is 16.1. The normalized spacial score (nSPS) is 11.6. The standard InChI is InChI=1S/C44H24N4O/c45-25-29-8-7-9-30(26-46)44(29)48-40-15-6-3-12-34(40)35-22-27(16-19-41(35)48)28-17-20-42-36(23-28)37-24-31(18-21-43(37)49-42)47-38-13-4-1-10-32(38)33-11-2-5-14-39(33)47/h1-24H. The van der Waals surface area contributed by atoms with Crippen LogP contribution in [0.4, 0.5) is 0 Å². The summed E-state index contributed by atoms with van der Waals surface area (Å²) in [6, 6.07) is 54.4. The van der Waals surface area contributed by atoms with Crippen molar-refractivity contribution in [2.45, 2.75) is 0 Å². The molecular weight excluding hydrogens is 601 g/mol. The molecule has 0 aliphatic carbocycles. The van der Waals surface area contributed by atoms with Crippen LogP contribution in [0.5, 0.6) is 0 Å². The molecule has 0 unspecified atom stereocenters. The Labute approximate surface area is 280 Å². The first-order valence-corrected chi connectivity index (χ1v) is 16.1. The molecular formula is C44H24N4O. The van der Waals surface area contributed by atoms with E-state index in [1.165, 1.54) is 21.8 Å². The molecule has 0 fully saturated rings. The van der Waals surface area contributed by atoms with Crippen molar-refractivity contribution in [2.75, 3.05) is 0 Å². The summed E-state index contributed by atoms with van der Waals surface area (Å²) in [4.78, 5) is 0. The molecule has 0 N–H and O–H groups in total. The number of benzene rings is 7. The molecule has 5 nitrogen and oxygen atoms in total. The zero-order chi connectivity index (χ0) is 32.6. The maximum atomic E-state index is 10.0. The van der Waals surface area contributed by atoms with Gasteiger partial charge in [0.2, 0.25) is 0 Å². The van der Waals surface area contributed by atoms with E-state index in [2.05, 4.69) is 130 Å². The number of para-hydroxylation sites is 4. The van der Waals surface area contributed by atoms with Gasteiger partial charge < -0.3 is 13.6 Å². The Hall–Kier alpha value is -7.08. The van der Waals surface area contributed by atoms with Crippen LogP contribution < -0.4 is 0 Å². The predicted octanol–water partition coefficient (Wildman–Crippen LogP) is 11.2. The minimum atomic E-state index is 0.461. The van der Waals surface area contributed by atoms with Crippen molar-refractivity contribution >= 4 is 65.6 Å². The Morgan fingerprint density at radius 1 is 0.408 bits per heavy atom. The van der Waals surface area contributed by atoms with E-state index >= 15 is 0 Å². The first-order chi connectivity index (χ1) is 24.2. The zero-order valence-corrected chi connectivity index (χ0v) is 26.1.